The third-order valence-electron chi connectivity index (χ3n) is 9.49. The summed E-state index contributed by atoms with van der Waals surface area (Å²) in [5.41, 5.74) is 11.4. The van der Waals surface area contributed by atoms with E-state index in [0.717, 1.165) is 0 Å². The molecule has 0 bridgehead atoms. The summed E-state index contributed by atoms with van der Waals surface area (Å²) in [5.74, 6) is -9.96. The standard InChI is InChI=1S/C39H72N8O9.C2HF3O2/c1-14-24(12)32(47-46-31(23(10)11)39(55)56)38(54)42-25(13)35(51)45-30(22(8)9)37(53)44-28(17-21(6)7)34(50)33(49)27(16-20(4)5)43-29(48)18-41-36(52)26(40)15-19(2)3;3-2(4,5)1(6)7/h19-28,30-32,46-47H,14-18,40H2,1-13H3,(H,41,52)(H,42,54)(H,43,48)(H,44,53)(H,45,51)(H,55,56);(H,6,7)/t24-,25+,26-,27-,28-,30-,31-,32-;/m0./s1. The van der Waals surface area contributed by atoms with Crippen LogP contribution in [0.3, 0.4) is 0 Å². The number of rotatable bonds is 27. The molecule has 0 unspecified atom stereocenters. The highest BCUT2D eigenvalue weighted by molar-refractivity contribution is 6.41. The van der Waals surface area contributed by atoms with Crippen molar-refractivity contribution in [1.29, 1.82) is 0 Å². The molecule has 0 heterocycles. The summed E-state index contributed by atoms with van der Waals surface area (Å²) >= 11 is 0. The molecule has 0 saturated heterocycles. The number of hydrazine groups is 1. The maximum atomic E-state index is 13.8. The zero-order valence-electron chi connectivity index (χ0n) is 38.8. The summed E-state index contributed by atoms with van der Waals surface area (Å²) in [6.45, 7) is 22.5. The Morgan fingerprint density at radius 3 is 1.35 bits per heavy atom. The molecule has 0 rings (SSSR count). The lowest BCUT2D eigenvalue weighted by molar-refractivity contribution is -0.192. The van der Waals surface area contributed by atoms with Crippen molar-refractivity contribution >= 4 is 53.0 Å². The van der Waals surface area contributed by atoms with Crippen LogP contribution in [0.4, 0.5) is 13.2 Å². The van der Waals surface area contributed by atoms with Gasteiger partial charge in [-0.25, -0.2) is 15.6 Å². The molecule has 22 heteroatoms. The number of nitrogens with one attached hydrogen (secondary N) is 7. The molecule has 0 aliphatic heterocycles. The van der Waals surface area contributed by atoms with Crippen molar-refractivity contribution in [3.05, 3.63) is 0 Å². The zero-order chi connectivity index (χ0) is 49.7. The van der Waals surface area contributed by atoms with E-state index in [4.69, 9.17) is 15.6 Å². The predicted molar refractivity (Wildman–Crippen MR) is 227 cm³/mol. The second-order valence-corrected chi connectivity index (χ2v) is 17.6. The quantitative estimate of drug-likeness (QED) is 0.0414. The van der Waals surface area contributed by atoms with Crippen LogP contribution in [0.2, 0.25) is 0 Å². The van der Waals surface area contributed by atoms with E-state index < -0.39 is 114 Å². The Kier molecular flexibility index (Phi) is 27.7. The van der Waals surface area contributed by atoms with Gasteiger partial charge in [-0.15, -0.1) is 0 Å². The molecule has 63 heavy (non-hydrogen) atoms. The van der Waals surface area contributed by atoms with E-state index in [1.54, 1.807) is 34.6 Å². The molecule has 0 aliphatic carbocycles. The molecule has 19 nitrogen and oxygen atoms in total. The molecule has 0 aliphatic rings. The number of carboxylic acids is 2. The Morgan fingerprint density at radius 1 is 0.556 bits per heavy atom. The number of carbonyl (C=O) groups is 9. The highest BCUT2D eigenvalue weighted by atomic mass is 19.4. The Bertz CT molecular complexity index is 1540. The van der Waals surface area contributed by atoms with Crippen molar-refractivity contribution in [2.45, 2.75) is 164 Å². The van der Waals surface area contributed by atoms with Crippen LogP contribution in [0.1, 0.15) is 116 Å². The van der Waals surface area contributed by atoms with Crippen molar-refractivity contribution in [2.24, 2.45) is 41.2 Å². The van der Waals surface area contributed by atoms with Crippen molar-refractivity contribution in [1.82, 2.24) is 37.4 Å². The molecule has 0 aromatic heterocycles. The van der Waals surface area contributed by atoms with Gasteiger partial charge in [0.1, 0.15) is 24.2 Å². The fourth-order valence-corrected chi connectivity index (χ4v) is 5.75. The number of Topliss-reactive ketones (excluding diaryl/α,β-unsaturated/α-hetero) is 2. The second kappa shape index (κ2) is 28.9. The monoisotopic (exact) mass is 911 g/mol. The number of amides is 5. The van der Waals surface area contributed by atoms with Crippen LogP contribution in [0, 0.1) is 35.5 Å². The molecule has 0 radical (unpaired) electrons. The lowest BCUT2D eigenvalue weighted by Crippen LogP contribution is -2.61. The highest BCUT2D eigenvalue weighted by Crippen LogP contribution is 2.15. The number of hydrogen-bond acceptors (Lipinski definition) is 12. The number of aliphatic carboxylic acids is 2. The van der Waals surface area contributed by atoms with E-state index in [1.807, 2.05) is 48.5 Å². The predicted octanol–water partition coefficient (Wildman–Crippen LogP) is 1.57. The van der Waals surface area contributed by atoms with Gasteiger partial charge in [-0.2, -0.15) is 13.2 Å². The normalized spacial score (nSPS) is 15.5. The van der Waals surface area contributed by atoms with Crippen molar-refractivity contribution in [3.8, 4) is 0 Å². The first kappa shape index (κ1) is 60.4. The number of hydrogen-bond donors (Lipinski definition) is 10. The number of nitrogens with two attached hydrogens (primary N) is 1. The van der Waals surface area contributed by atoms with Gasteiger partial charge in [0.2, 0.25) is 41.1 Å². The van der Waals surface area contributed by atoms with Crippen molar-refractivity contribution in [2.75, 3.05) is 6.54 Å². The van der Waals surface area contributed by atoms with E-state index in [-0.39, 0.29) is 42.4 Å². The smallest absolute Gasteiger partial charge is 0.480 e. The minimum atomic E-state index is -5.08. The second-order valence-electron chi connectivity index (χ2n) is 17.6. The molecule has 5 amide bonds. The summed E-state index contributed by atoms with van der Waals surface area (Å²) in [5, 5.41) is 29.6. The lowest BCUT2D eigenvalue weighted by Gasteiger charge is -2.29. The zero-order valence-corrected chi connectivity index (χ0v) is 38.8. The lowest BCUT2D eigenvalue weighted by atomic mass is 9.91. The Hall–Kier alpha value is -4.70. The van der Waals surface area contributed by atoms with Gasteiger partial charge in [-0.3, -0.25) is 38.4 Å². The van der Waals surface area contributed by atoms with E-state index in [2.05, 4.69) is 37.4 Å². The van der Waals surface area contributed by atoms with Crippen molar-refractivity contribution in [3.63, 3.8) is 0 Å². The number of carboxylic acid groups (broad SMARTS) is 2. The number of carbonyl (C=O) groups excluding carboxylic acids is 7. The molecule has 0 aromatic rings. The van der Waals surface area contributed by atoms with Gasteiger partial charge in [-0.1, -0.05) is 89.5 Å². The van der Waals surface area contributed by atoms with E-state index >= 15 is 0 Å². The average molecular weight is 911 g/mol. The molecule has 0 aromatic carbocycles. The topological polar surface area (TPSA) is 304 Å². The van der Waals surface area contributed by atoms with Gasteiger partial charge >= 0.3 is 18.1 Å². The summed E-state index contributed by atoms with van der Waals surface area (Å²) < 4.78 is 31.7. The maximum Gasteiger partial charge on any atom is 0.490 e. The molecule has 0 spiro atoms. The molecule has 364 valence electrons. The van der Waals surface area contributed by atoms with Gasteiger partial charge in [0.25, 0.3) is 0 Å². The summed E-state index contributed by atoms with van der Waals surface area (Å²) in [6, 6.07) is -7.45. The Morgan fingerprint density at radius 2 is 0.968 bits per heavy atom. The maximum absolute atomic E-state index is 13.8. The van der Waals surface area contributed by atoms with E-state index in [9.17, 15) is 56.6 Å². The van der Waals surface area contributed by atoms with Gasteiger partial charge < -0.3 is 42.5 Å². The van der Waals surface area contributed by atoms with Crippen LogP contribution < -0.4 is 43.2 Å². The van der Waals surface area contributed by atoms with Crippen LogP contribution in [-0.4, -0.2) is 118 Å². The first-order valence-electron chi connectivity index (χ1n) is 21.1. The average Bonchev–Trinajstić information content (AvgIpc) is 3.14. The van der Waals surface area contributed by atoms with Crippen LogP contribution in [0.5, 0.6) is 0 Å². The summed E-state index contributed by atoms with van der Waals surface area (Å²) in [6.07, 6.45) is -3.89. The molecular formula is C41H73F3N8O11. The van der Waals surface area contributed by atoms with Gasteiger partial charge in [-0.05, 0) is 61.7 Å². The van der Waals surface area contributed by atoms with Crippen LogP contribution in [-0.2, 0) is 43.2 Å². The van der Waals surface area contributed by atoms with Crippen molar-refractivity contribution < 1.29 is 66.5 Å². The largest absolute Gasteiger partial charge is 0.490 e. The number of ketones is 2. The Labute approximate surface area is 368 Å². The summed E-state index contributed by atoms with van der Waals surface area (Å²) in [7, 11) is 0. The fourth-order valence-electron chi connectivity index (χ4n) is 5.75. The third-order valence-corrected chi connectivity index (χ3v) is 9.49. The number of alkyl halides is 3. The van der Waals surface area contributed by atoms with Gasteiger partial charge in [0, 0.05) is 0 Å². The molecular weight excluding hydrogens is 837 g/mol. The summed E-state index contributed by atoms with van der Waals surface area (Å²) in [4.78, 5) is 114. The first-order chi connectivity index (χ1) is 28.8. The minimum absolute atomic E-state index is 0.0886. The molecule has 0 saturated carbocycles. The molecule has 0 fully saturated rings. The fraction of sp³-hybridized carbons (Fsp3) is 0.780. The molecule has 11 N–H and O–H groups in total. The SMILES string of the molecule is CC[C@H](C)[C@H](NN[C@H](C(=O)O)C(C)C)C(=O)N[C@H](C)C(=O)N[C@H](C(=O)N[C@@H](CC(C)C)C(=O)C(=O)[C@H](CC(C)C)NC(=O)CNC(=O)[C@@H](N)CC(C)C)C(C)C.O=C(O)C(F)(F)F. The molecule has 8 atom stereocenters. The van der Waals surface area contributed by atoms with Crippen LogP contribution >= 0.6 is 0 Å². The minimum Gasteiger partial charge on any atom is -0.480 e. The van der Waals surface area contributed by atoms with E-state index in [0.29, 0.717) is 12.8 Å². The van der Waals surface area contributed by atoms with Crippen LogP contribution in [0.15, 0.2) is 0 Å². The first-order valence-corrected chi connectivity index (χ1v) is 21.1. The number of halogens is 3. The van der Waals surface area contributed by atoms with Gasteiger partial charge in [0.05, 0.1) is 24.7 Å². The van der Waals surface area contributed by atoms with Crippen LogP contribution in [0.25, 0.3) is 0 Å². The van der Waals surface area contributed by atoms with E-state index in [1.165, 1.54) is 6.92 Å². The Balaban J connectivity index is 0. The third kappa shape index (κ3) is 24.1. The highest BCUT2D eigenvalue weighted by Gasteiger charge is 2.39. The van der Waals surface area contributed by atoms with Gasteiger partial charge in [0.15, 0.2) is 0 Å².